The molecule has 0 radical (unpaired) electrons. The van der Waals surface area contributed by atoms with Crippen molar-refractivity contribution >= 4 is 11.6 Å². The number of amides is 1. The molecule has 5 nitrogen and oxygen atoms in total. The van der Waals surface area contributed by atoms with Crippen LogP contribution in [0.15, 0.2) is 24.3 Å². The van der Waals surface area contributed by atoms with Gasteiger partial charge in [-0.2, -0.15) is 0 Å². The predicted molar refractivity (Wildman–Crippen MR) is 98.6 cm³/mol. The van der Waals surface area contributed by atoms with Gasteiger partial charge in [-0.3, -0.25) is 9.69 Å². The molecule has 0 unspecified atom stereocenters. The summed E-state index contributed by atoms with van der Waals surface area (Å²) in [4.78, 5) is 16.9. The first-order valence-electron chi connectivity index (χ1n) is 8.76. The van der Waals surface area contributed by atoms with Gasteiger partial charge in [0.05, 0.1) is 5.69 Å². The third-order valence-electron chi connectivity index (χ3n) is 4.11. The molecule has 1 aromatic rings. The Morgan fingerprint density at radius 3 is 2.50 bits per heavy atom. The van der Waals surface area contributed by atoms with Crippen LogP contribution in [0.2, 0.25) is 0 Å². The van der Waals surface area contributed by atoms with Gasteiger partial charge >= 0.3 is 0 Å². The number of carbonyl (C=O) groups excluding carboxylic acids is 1. The summed E-state index contributed by atoms with van der Waals surface area (Å²) >= 11 is 0. The Labute approximate surface area is 146 Å². The highest BCUT2D eigenvalue weighted by atomic mass is 16.5. The van der Waals surface area contributed by atoms with Gasteiger partial charge in [-0.05, 0) is 24.6 Å². The van der Waals surface area contributed by atoms with E-state index in [2.05, 4.69) is 42.9 Å². The summed E-state index contributed by atoms with van der Waals surface area (Å²) in [6.07, 6.45) is 0.489. The van der Waals surface area contributed by atoms with Crippen LogP contribution in [0.3, 0.4) is 0 Å². The van der Waals surface area contributed by atoms with Crippen LogP contribution in [-0.4, -0.2) is 62.1 Å². The fourth-order valence-corrected chi connectivity index (χ4v) is 2.73. The van der Waals surface area contributed by atoms with Crippen LogP contribution >= 0.6 is 0 Å². The maximum atomic E-state index is 12.2. The summed E-state index contributed by atoms with van der Waals surface area (Å²) in [5.74, 6) is 0.770. The lowest BCUT2D eigenvalue weighted by molar-refractivity contribution is -0.117. The molecule has 0 atom stereocenters. The van der Waals surface area contributed by atoms with Crippen LogP contribution in [-0.2, 0) is 4.79 Å². The third-order valence-corrected chi connectivity index (χ3v) is 4.11. The molecule has 1 fully saturated rings. The van der Waals surface area contributed by atoms with Gasteiger partial charge in [-0.1, -0.05) is 32.9 Å². The Morgan fingerprint density at radius 1 is 1.17 bits per heavy atom. The first-order valence-corrected chi connectivity index (χ1v) is 8.76. The molecule has 1 amide bonds. The largest absolute Gasteiger partial charge is 0.490 e. The minimum absolute atomic E-state index is 0.0256. The van der Waals surface area contributed by atoms with E-state index in [4.69, 9.17) is 4.74 Å². The number of rotatable bonds is 6. The molecule has 0 spiro atoms. The van der Waals surface area contributed by atoms with E-state index in [0.29, 0.717) is 13.0 Å². The Balaban J connectivity index is 1.83. The highest BCUT2D eigenvalue weighted by Gasteiger charge is 2.17. The van der Waals surface area contributed by atoms with E-state index in [0.717, 1.165) is 44.2 Å². The minimum atomic E-state index is -0.0265. The van der Waals surface area contributed by atoms with E-state index in [1.54, 1.807) is 0 Å². The van der Waals surface area contributed by atoms with E-state index in [1.807, 2.05) is 24.3 Å². The Hall–Kier alpha value is -1.59. The van der Waals surface area contributed by atoms with Gasteiger partial charge in [-0.15, -0.1) is 0 Å². The molecule has 1 saturated heterocycles. The minimum Gasteiger partial charge on any atom is -0.490 e. The van der Waals surface area contributed by atoms with Crippen molar-refractivity contribution in [1.82, 2.24) is 9.80 Å². The number of anilines is 1. The number of benzene rings is 1. The number of ether oxygens (including phenoxy) is 1. The smallest absolute Gasteiger partial charge is 0.224 e. The molecule has 0 bridgehead atoms. The van der Waals surface area contributed by atoms with Crippen LogP contribution in [0.25, 0.3) is 0 Å². The first kappa shape index (κ1) is 18.7. The zero-order valence-electron chi connectivity index (χ0n) is 15.5. The summed E-state index contributed by atoms with van der Waals surface area (Å²) in [5.41, 5.74) is 0.728. The van der Waals surface area contributed by atoms with E-state index < -0.39 is 0 Å². The van der Waals surface area contributed by atoms with Gasteiger partial charge in [0.25, 0.3) is 0 Å². The van der Waals surface area contributed by atoms with Gasteiger partial charge in [0.1, 0.15) is 12.4 Å². The fraction of sp³-hybridized carbons (Fsp3) is 0.632. The van der Waals surface area contributed by atoms with E-state index in [9.17, 15) is 4.79 Å². The fourth-order valence-electron chi connectivity index (χ4n) is 2.73. The normalized spacial score (nSPS) is 16.8. The van der Waals surface area contributed by atoms with Gasteiger partial charge < -0.3 is 15.0 Å². The molecule has 1 aliphatic heterocycles. The molecule has 5 heteroatoms. The maximum absolute atomic E-state index is 12.2. The second-order valence-corrected chi connectivity index (χ2v) is 7.78. The Morgan fingerprint density at radius 2 is 1.83 bits per heavy atom. The van der Waals surface area contributed by atoms with Gasteiger partial charge in [0.15, 0.2) is 0 Å². The quantitative estimate of drug-likeness (QED) is 0.869. The third kappa shape index (κ3) is 6.49. The molecule has 1 aliphatic rings. The predicted octanol–water partition coefficient (Wildman–Crippen LogP) is 2.69. The molecular formula is C19H31N3O2. The van der Waals surface area contributed by atoms with Crippen LogP contribution in [0.5, 0.6) is 5.75 Å². The average Bonchev–Trinajstić information content (AvgIpc) is 2.49. The van der Waals surface area contributed by atoms with Gasteiger partial charge in [0, 0.05) is 39.1 Å². The molecule has 134 valence electrons. The molecular weight excluding hydrogens is 302 g/mol. The highest BCUT2D eigenvalue weighted by Crippen LogP contribution is 2.26. The summed E-state index contributed by atoms with van der Waals surface area (Å²) in [5, 5.41) is 2.98. The number of hydrogen-bond acceptors (Lipinski definition) is 4. The number of carbonyl (C=O) groups is 1. The summed E-state index contributed by atoms with van der Waals surface area (Å²) in [7, 11) is 2.16. The van der Waals surface area contributed by atoms with Crippen LogP contribution in [0, 0.1) is 5.41 Å². The lowest BCUT2D eigenvalue weighted by Gasteiger charge is -2.32. The zero-order valence-corrected chi connectivity index (χ0v) is 15.5. The molecule has 24 heavy (non-hydrogen) atoms. The van der Waals surface area contributed by atoms with Crippen LogP contribution in [0.4, 0.5) is 5.69 Å². The number of para-hydroxylation sites is 2. The Kier molecular flexibility index (Phi) is 6.63. The van der Waals surface area contributed by atoms with Crippen molar-refractivity contribution in [2.75, 3.05) is 51.7 Å². The zero-order chi connectivity index (χ0) is 17.6. The van der Waals surface area contributed by atoms with Crippen molar-refractivity contribution in [2.24, 2.45) is 5.41 Å². The molecule has 0 aliphatic carbocycles. The number of nitrogens with one attached hydrogen (secondary N) is 1. The van der Waals surface area contributed by atoms with Gasteiger partial charge in [-0.25, -0.2) is 0 Å². The van der Waals surface area contributed by atoms with Crippen molar-refractivity contribution < 1.29 is 9.53 Å². The highest BCUT2D eigenvalue weighted by molar-refractivity contribution is 5.92. The topological polar surface area (TPSA) is 44.8 Å². The van der Waals surface area contributed by atoms with Crippen molar-refractivity contribution in [3.05, 3.63) is 24.3 Å². The monoisotopic (exact) mass is 333 g/mol. The Bertz CT molecular complexity index is 532. The van der Waals surface area contributed by atoms with E-state index in [-0.39, 0.29) is 11.3 Å². The standard InChI is InChI=1S/C19H31N3O2/c1-19(2,3)15-18(23)20-16-7-5-6-8-17(16)24-14-13-22-11-9-21(4)10-12-22/h5-8H,9-15H2,1-4H3,(H,20,23). The second-order valence-electron chi connectivity index (χ2n) is 7.78. The SMILES string of the molecule is CN1CCN(CCOc2ccccc2NC(=O)CC(C)(C)C)CC1. The van der Waals surface area contributed by atoms with Crippen molar-refractivity contribution in [3.63, 3.8) is 0 Å². The lowest BCUT2D eigenvalue weighted by atomic mass is 9.92. The molecule has 1 aromatic carbocycles. The molecule has 1 heterocycles. The van der Waals surface area contributed by atoms with Crippen molar-refractivity contribution in [1.29, 1.82) is 0 Å². The van der Waals surface area contributed by atoms with E-state index >= 15 is 0 Å². The van der Waals surface area contributed by atoms with E-state index in [1.165, 1.54) is 0 Å². The van der Waals surface area contributed by atoms with Crippen LogP contribution in [0.1, 0.15) is 27.2 Å². The maximum Gasteiger partial charge on any atom is 0.224 e. The average molecular weight is 333 g/mol. The summed E-state index contributed by atoms with van der Waals surface area (Å²) < 4.78 is 5.93. The summed E-state index contributed by atoms with van der Waals surface area (Å²) in [6.45, 7) is 12.1. The first-order chi connectivity index (χ1) is 11.3. The molecule has 0 aromatic heterocycles. The molecule has 1 N–H and O–H groups in total. The number of likely N-dealkylation sites (N-methyl/N-ethyl adjacent to an activating group) is 1. The van der Waals surface area contributed by atoms with Crippen molar-refractivity contribution in [2.45, 2.75) is 27.2 Å². The molecule has 2 rings (SSSR count). The lowest BCUT2D eigenvalue weighted by Crippen LogP contribution is -2.45. The number of nitrogens with zero attached hydrogens (tertiary/aromatic N) is 2. The number of hydrogen-bond donors (Lipinski definition) is 1. The van der Waals surface area contributed by atoms with Crippen LogP contribution < -0.4 is 10.1 Å². The number of piperazine rings is 1. The van der Waals surface area contributed by atoms with Crippen molar-refractivity contribution in [3.8, 4) is 5.75 Å². The molecule has 0 saturated carbocycles. The summed E-state index contributed by atoms with van der Waals surface area (Å²) in [6, 6.07) is 7.66. The second kappa shape index (κ2) is 8.49. The van der Waals surface area contributed by atoms with Gasteiger partial charge in [0.2, 0.25) is 5.91 Å².